The predicted octanol–water partition coefficient (Wildman–Crippen LogP) is 0.657. The van der Waals surface area contributed by atoms with Crippen LogP contribution in [-0.2, 0) is 14.3 Å². The van der Waals surface area contributed by atoms with Crippen molar-refractivity contribution in [1.82, 2.24) is 4.90 Å². The van der Waals surface area contributed by atoms with Crippen molar-refractivity contribution in [3.05, 3.63) is 0 Å². The molecule has 1 rings (SSSR count). The zero-order chi connectivity index (χ0) is 13.5. The Hall–Kier alpha value is -0.650. The summed E-state index contributed by atoms with van der Waals surface area (Å²) in [6.45, 7) is 6.84. The van der Waals surface area contributed by atoms with Gasteiger partial charge in [0, 0.05) is 26.1 Å². The van der Waals surface area contributed by atoms with E-state index in [1.54, 1.807) is 0 Å². The molecule has 0 aliphatic carbocycles. The lowest BCUT2D eigenvalue weighted by atomic mass is 10.1. The molecule has 0 spiro atoms. The number of rotatable bonds is 7. The highest BCUT2D eigenvalue weighted by Gasteiger charge is 2.36. The number of likely N-dealkylation sites (tertiary alicyclic amines) is 1. The predicted molar refractivity (Wildman–Crippen MR) is 68.3 cm³/mol. The van der Waals surface area contributed by atoms with Gasteiger partial charge in [0.15, 0.2) is 0 Å². The third-order valence-electron chi connectivity index (χ3n) is 3.22. The fourth-order valence-electron chi connectivity index (χ4n) is 2.11. The number of carbonyl (C=O) groups excluding carboxylic acids is 1. The molecule has 2 atom stereocenters. The minimum Gasteiger partial charge on any atom is -0.468 e. The lowest BCUT2D eigenvalue weighted by Crippen LogP contribution is -2.39. The van der Waals surface area contributed by atoms with Crippen molar-refractivity contribution in [3.8, 4) is 0 Å². The summed E-state index contributed by atoms with van der Waals surface area (Å²) in [6, 6.07) is -0.321. The molecule has 0 radical (unpaired) electrons. The molecule has 1 aliphatic rings. The minimum atomic E-state index is -0.440. The summed E-state index contributed by atoms with van der Waals surface area (Å²) in [5.41, 5.74) is 0. The molecule has 5 nitrogen and oxygen atoms in total. The summed E-state index contributed by atoms with van der Waals surface area (Å²) in [6.07, 6.45) is 1.06. The molecule has 1 saturated heterocycles. The topological polar surface area (TPSA) is 59.0 Å². The molecule has 0 bridgehead atoms. The Morgan fingerprint density at radius 2 is 2.17 bits per heavy atom. The van der Waals surface area contributed by atoms with Gasteiger partial charge in [0.25, 0.3) is 0 Å². The van der Waals surface area contributed by atoms with Gasteiger partial charge in [-0.1, -0.05) is 13.8 Å². The molecule has 2 unspecified atom stereocenters. The van der Waals surface area contributed by atoms with Crippen molar-refractivity contribution < 1.29 is 19.4 Å². The van der Waals surface area contributed by atoms with Gasteiger partial charge < -0.3 is 14.6 Å². The Kier molecular flexibility index (Phi) is 6.60. The van der Waals surface area contributed by atoms with Crippen LogP contribution in [0, 0.1) is 5.92 Å². The lowest BCUT2D eigenvalue weighted by molar-refractivity contribution is -0.146. The maximum atomic E-state index is 11.5. The van der Waals surface area contributed by atoms with Crippen molar-refractivity contribution in [2.45, 2.75) is 38.8 Å². The molecule has 1 fully saturated rings. The van der Waals surface area contributed by atoms with Gasteiger partial charge in [0.2, 0.25) is 0 Å². The van der Waals surface area contributed by atoms with Crippen molar-refractivity contribution in [1.29, 1.82) is 0 Å². The van der Waals surface area contributed by atoms with Crippen LogP contribution < -0.4 is 0 Å². The number of aliphatic hydroxyl groups is 1. The first-order chi connectivity index (χ1) is 8.54. The van der Waals surface area contributed by atoms with Gasteiger partial charge in [-0.2, -0.15) is 0 Å². The van der Waals surface area contributed by atoms with E-state index < -0.39 is 6.10 Å². The van der Waals surface area contributed by atoms with Crippen LogP contribution in [0.2, 0.25) is 0 Å². The molecule has 18 heavy (non-hydrogen) atoms. The zero-order valence-corrected chi connectivity index (χ0v) is 11.6. The standard InChI is InChI=1S/C13H25NO4/c1-10(2)4-6-18-7-5-14-9-11(15)8-12(14)13(16)17-3/h10-12,15H,4-9H2,1-3H3. The van der Waals surface area contributed by atoms with Crippen molar-refractivity contribution in [3.63, 3.8) is 0 Å². The van der Waals surface area contributed by atoms with E-state index in [1.165, 1.54) is 7.11 Å². The van der Waals surface area contributed by atoms with Gasteiger partial charge in [-0.15, -0.1) is 0 Å². The molecule has 1 heterocycles. The highest BCUT2D eigenvalue weighted by atomic mass is 16.5. The first-order valence-corrected chi connectivity index (χ1v) is 6.62. The van der Waals surface area contributed by atoms with E-state index in [-0.39, 0.29) is 12.0 Å². The summed E-state index contributed by atoms with van der Waals surface area (Å²) in [4.78, 5) is 13.5. The second-order valence-corrected chi connectivity index (χ2v) is 5.22. The molecule has 5 heteroatoms. The Balaban J connectivity index is 2.25. The minimum absolute atomic E-state index is 0.270. The number of carbonyl (C=O) groups is 1. The van der Waals surface area contributed by atoms with Crippen LogP contribution in [0.25, 0.3) is 0 Å². The molecule has 0 amide bonds. The first-order valence-electron chi connectivity index (χ1n) is 6.62. The Morgan fingerprint density at radius 3 is 2.78 bits per heavy atom. The Bertz CT molecular complexity index is 257. The number of methoxy groups -OCH3 is 1. The van der Waals surface area contributed by atoms with Crippen LogP contribution in [0.5, 0.6) is 0 Å². The fraction of sp³-hybridized carbons (Fsp3) is 0.923. The van der Waals surface area contributed by atoms with Gasteiger partial charge in [-0.05, 0) is 12.3 Å². The number of ether oxygens (including phenoxy) is 2. The first kappa shape index (κ1) is 15.4. The summed E-state index contributed by atoms with van der Waals surface area (Å²) >= 11 is 0. The number of hydrogen-bond donors (Lipinski definition) is 1. The van der Waals surface area contributed by atoms with E-state index in [0.717, 1.165) is 13.0 Å². The average Bonchev–Trinajstić information content (AvgIpc) is 2.68. The molecular formula is C13H25NO4. The fourth-order valence-corrected chi connectivity index (χ4v) is 2.11. The number of nitrogens with zero attached hydrogens (tertiary/aromatic N) is 1. The maximum Gasteiger partial charge on any atom is 0.323 e. The third-order valence-corrected chi connectivity index (χ3v) is 3.22. The van der Waals surface area contributed by atoms with E-state index in [1.807, 2.05) is 4.90 Å². The van der Waals surface area contributed by atoms with Gasteiger partial charge in [0.05, 0.1) is 19.8 Å². The molecule has 1 N–H and O–H groups in total. The van der Waals surface area contributed by atoms with Crippen molar-refractivity contribution in [2.24, 2.45) is 5.92 Å². The van der Waals surface area contributed by atoms with Gasteiger partial charge in [-0.25, -0.2) is 0 Å². The molecule has 1 aliphatic heterocycles. The largest absolute Gasteiger partial charge is 0.468 e. The van der Waals surface area contributed by atoms with Gasteiger partial charge in [0.1, 0.15) is 6.04 Å². The smallest absolute Gasteiger partial charge is 0.323 e. The highest BCUT2D eigenvalue weighted by Crippen LogP contribution is 2.18. The maximum absolute atomic E-state index is 11.5. The third kappa shape index (κ3) is 4.92. The Labute approximate surface area is 109 Å². The highest BCUT2D eigenvalue weighted by molar-refractivity contribution is 5.76. The second kappa shape index (κ2) is 7.71. The number of hydrogen-bond acceptors (Lipinski definition) is 5. The summed E-state index contributed by atoms with van der Waals surface area (Å²) in [7, 11) is 1.38. The molecular weight excluding hydrogens is 234 g/mol. The normalized spacial score (nSPS) is 24.7. The summed E-state index contributed by atoms with van der Waals surface area (Å²) in [5, 5.41) is 9.60. The number of β-amino-alcohol motifs (C(OH)–C–C–N with tert-alkyl or cyclic N) is 1. The van der Waals surface area contributed by atoms with E-state index in [4.69, 9.17) is 9.47 Å². The Morgan fingerprint density at radius 1 is 1.44 bits per heavy atom. The summed E-state index contributed by atoms with van der Waals surface area (Å²) < 4.78 is 10.3. The van der Waals surface area contributed by atoms with E-state index in [0.29, 0.717) is 32.0 Å². The molecule has 0 saturated carbocycles. The monoisotopic (exact) mass is 259 g/mol. The second-order valence-electron chi connectivity index (χ2n) is 5.22. The molecule has 0 aromatic rings. The molecule has 0 aromatic heterocycles. The molecule has 0 aromatic carbocycles. The van der Waals surface area contributed by atoms with Gasteiger partial charge >= 0.3 is 5.97 Å². The van der Waals surface area contributed by atoms with Crippen LogP contribution in [0.3, 0.4) is 0 Å². The van der Waals surface area contributed by atoms with E-state index >= 15 is 0 Å². The van der Waals surface area contributed by atoms with Crippen molar-refractivity contribution in [2.75, 3.05) is 33.4 Å². The van der Waals surface area contributed by atoms with E-state index in [9.17, 15) is 9.90 Å². The van der Waals surface area contributed by atoms with Crippen molar-refractivity contribution >= 4 is 5.97 Å². The van der Waals surface area contributed by atoms with Gasteiger partial charge in [-0.3, -0.25) is 9.69 Å². The SMILES string of the molecule is COC(=O)C1CC(O)CN1CCOCCC(C)C. The van der Waals surface area contributed by atoms with Crippen LogP contribution in [0.4, 0.5) is 0 Å². The summed E-state index contributed by atoms with van der Waals surface area (Å²) in [5.74, 6) is 0.371. The number of aliphatic hydroxyl groups excluding tert-OH is 1. The average molecular weight is 259 g/mol. The van der Waals surface area contributed by atoms with Crippen LogP contribution in [0.15, 0.2) is 0 Å². The van der Waals surface area contributed by atoms with E-state index in [2.05, 4.69) is 13.8 Å². The zero-order valence-electron chi connectivity index (χ0n) is 11.6. The van der Waals surface area contributed by atoms with Crippen LogP contribution in [-0.4, -0.2) is 61.5 Å². The lowest BCUT2D eigenvalue weighted by Gasteiger charge is -2.21. The molecule has 106 valence electrons. The quantitative estimate of drug-likeness (QED) is 0.537. The van der Waals surface area contributed by atoms with Crippen LogP contribution in [0.1, 0.15) is 26.7 Å². The van der Waals surface area contributed by atoms with Crippen LogP contribution >= 0.6 is 0 Å². The number of esters is 1.